The highest BCUT2D eigenvalue weighted by atomic mass is 79.9. The summed E-state index contributed by atoms with van der Waals surface area (Å²) in [6.45, 7) is 24.0. The number of aryl methyl sites for hydroxylation is 6. The Labute approximate surface area is 446 Å². The molecule has 15 nitrogen and oxygen atoms in total. The minimum absolute atomic E-state index is 0.0694. The number of carbonyl (C=O) groups excluding carboxylic acids is 4. The van der Waals surface area contributed by atoms with E-state index < -0.39 is 5.97 Å². The normalized spacial score (nSPS) is 9.26. The molecule has 2 aromatic heterocycles. The minimum atomic E-state index is -1.00. The van der Waals surface area contributed by atoms with Gasteiger partial charge in [-0.25, -0.2) is 18.7 Å². The lowest BCUT2D eigenvalue weighted by atomic mass is 10.2. The molecule has 0 aliphatic rings. The molecular weight excluding hydrogens is 1020 g/mol. The lowest BCUT2D eigenvalue weighted by Gasteiger charge is -2.23. The summed E-state index contributed by atoms with van der Waals surface area (Å²) in [6.07, 6.45) is 2.90. The molecule has 0 amide bonds. The highest BCUT2D eigenvalue weighted by molar-refractivity contribution is 9.09. The largest absolute Gasteiger partial charge is 0.544 e. The molecule has 6 aromatic rings. The number of benzene rings is 4. The van der Waals surface area contributed by atoms with Crippen LogP contribution in [0.5, 0.6) is 5.75 Å². The van der Waals surface area contributed by atoms with Crippen LogP contribution in [0.15, 0.2) is 134 Å². The molecule has 0 aliphatic heterocycles. The van der Waals surface area contributed by atoms with Gasteiger partial charge in [0, 0.05) is 12.5 Å². The van der Waals surface area contributed by atoms with E-state index in [-0.39, 0.29) is 48.6 Å². The van der Waals surface area contributed by atoms with Gasteiger partial charge in [-0.3, -0.25) is 9.59 Å². The molecule has 2 heterocycles. The summed E-state index contributed by atoms with van der Waals surface area (Å²) >= 11 is 7.96. The second-order valence-corrected chi connectivity index (χ2v) is 17.6. The van der Waals surface area contributed by atoms with Crippen molar-refractivity contribution in [3.63, 3.8) is 0 Å². The van der Waals surface area contributed by atoms with E-state index in [4.69, 9.17) is 35.4 Å². The molecule has 0 radical (unpaired) electrons. The van der Waals surface area contributed by atoms with Crippen molar-refractivity contribution in [2.24, 2.45) is 0 Å². The number of aliphatic hydroxyl groups excluding tert-OH is 2. The standard InChI is InChI=1S/C12H13NO3.C11H11NO2.C8H10.C7H8.C5H11NO2.C3H5BrO.C3H6O2.C3H6O.C2H5Cl.C2H6O/c1-3-15-11-6-4-10(5-7-11)13-9(2)8-16-12(13)14;1-8-3-5-10(6-4-8)12-9(2)7-14-11(12)13;1-7-3-5-8(2)6-4-7;1-7-5-3-2-4-6-7;1-6(2,3)4-5(7)8;2*1-3(5)2-4;1-3(2)4;2*1-2-3/h4-8H,3H2,1-2H3;3-7H,1-2H3;3-6H,1-2H3;2-6H,1H3;4H2,1-3H3;2H2,1H3;4H,2H2,1H3;1-2H3;2H2,1H3;3H,2H2,1H3. The Kier molecular flexibility index (Phi) is 44.7. The maximum absolute atomic E-state index is 11.4. The first-order chi connectivity index (χ1) is 34.1. The molecule has 0 spiro atoms. The lowest BCUT2D eigenvalue weighted by molar-refractivity contribution is -0.864. The van der Waals surface area contributed by atoms with Crippen molar-refractivity contribution < 1.29 is 52.6 Å². The first-order valence-electron chi connectivity index (χ1n) is 23.1. The Bertz CT molecular complexity index is 2410. The zero-order valence-corrected chi connectivity index (χ0v) is 48.1. The molecule has 0 saturated heterocycles. The average Bonchev–Trinajstić information content (AvgIpc) is 3.83. The van der Waals surface area contributed by atoms with Crippen molar-refractivity contribution in [2.45, 2.75) is 90.0 Å². The second kappa shape index (κ2) is 44.5. The first-order valence-corrected chi connectivity index (χ1v) is 24.8. The van der Waals surface area contributed by atoms with Crippen LogP contribution >= 0.6 is 27.5 Å². The molecular formula is C56H81BrClN3O12. The Morgan fingerprint density at radius 3 is 1.10 bits per heavy atom. The fourth-order valence-electron chi connectivity index (χ4n) is 4.50. The topological polar surface area (TPSA) is 211 Å². The number of quaternary nitrogens is 1. The summed E-state index contributed by atoms with van der Waals surface area (Å²) in [6, 6.07) is 33.8. The summed E-state index contributed by atoms with van der Waals surface area (Å²) in [7, 11) is 5.40. The van der Waals surface area contributed by atoms with Crippen molar-refractivity contribution in [3.05, 3.63) is 170 Å². The van der Waals surface area contributed by atoms with Crippen LogP contribution in [0.4, 0.5) is 0 Å². The Hall–Kier alpha value is -6.17. The predicted molar refractivity (Wildman–Crippen MR) is 297 cm³/mol. The number of nitrogens with zero attached hydrogens (tertiary/aromatic N) is 3. The predicted octanol–water partition coefficient (Wildman–Crippen LogP) is 9.30. The van der Waals surface area contributed by atoms with Crippen molar-refractivity contribution in [3.8, 4) is 17.1 Å². The molecule has 0 saturated carbocycles. The fourth-order valence-corrected chi connectivity index (χ4v) is 4.50. The van der Waals surface area contributed by atoms with Gasteiger partial charge in [-0.05, 0) is 119 Å². The molecule has 0 bridgehead atoms. The molecule has 406 valence electrons. The number of aliphatic hydroxyl groups is 2. The molecule has 0 atom stereocenters. The number of oxazole rings is 2. The monoisotopic (exact) mass is 1100 g/mol. The molecule has 6 rings (SSSR count). The fraction of sp³-hybridized carbons (Fsp3) is 0.393. The summed E-state index contributed by atoms with van der Waals surface area (Å²) in [4.78, 5) is 61.4. The molecule has 0 aliphatic carbocycles. The van der Waals surface area contributed by atoms with Crippen LogP contribution in [-0.2, 0) is 19.2 Å². The maximum atomic E-state index is 11.4. The quantitative estimate of drug-likeness (QED) is 0.108. The van der Waals surface area contributed by atoms with Crippen LogP contribution in [0.3, 0.4) is 0 Å². The average molecular weight is 1100 g/mol. The number of Topliss-reactive ketones (excluding diaryl/α,β-unsaturated/α-hetero) is 3. The number of ketones is 3. The molecule has 0 fully saturated rings. The maximum Gasteiger partial charge on any atom is 0.423 e. The van der Waals surface area contributed by atoms with Gasteiger partial charge in [-0.2, -0.15) is 0 Å². The number of carbonyl (C=O) groups is 4. The number of likely N-dealkylation sites (N-methyl/N-ethyl adjacent to an activating group) is 1. The second-order valence-electron chi connectivity index (χ2n) is 16.5. The van der Waals surface area contributed by atoms with Gasteiger partial charge >= 0.3 is 11.5 Å². The Morgan fingerprint density at radius 2 is 0.904 bits per heavy atom. The van der Waals surface area contributed by atoms with Crippen LogP contribution in [0.25, 0.3) is 11.4 Å². The molecule has 0 unspecified atom stereocenters. The van der Waals surface area contributed by atoms with Crippen LogP contribution < -0.4 is 21.4 Å². The van der Waals surface area contributed by atoms with E-state index in [1.165, 1.54) is 67.0 Å². The van der Waals surface area contributed by atoms with E-state index >= 15 is 0 Å². The number of aromatic nitrogens is 2. The molecule has 73 heavy (non-hydrogen) atoms. The molecule has 4 aromatic carbocycles. The number of carboxylic acids is 1. The van der Waals surface area contributed by atoms with Crippen LogP contribution in [0, 0.1) is 41.5 Å². The number of halogens is 2. The van der Waals surface area contributed by atoms with Crippen LogP contribution in [-0.4, -0.2) is 106 Å². The molecule has 2 N–H and O–H groups in total. The Morgan fingerprint density at radius 1 is 0.616 bits per heavy atom. The number of rotatable bonds is 8. The number of aliphatic carboxylic acids is 1. The van der Waals surface area contributed by atoms with E-state index in [0.29, 0.717) is 16.4 Å². The lowest BCUT2D eigenvalue weighted by Crippen LogP contribution is -2.45. The van der Waals surface area contributed by atoms with E-state index in [1.807, 2.05) is 101 Å². The minimum Gasteiger partial charge on any atom is -0.544 e. The van der Waals surface area contributed by atoms with Gasteiger partial charge in [0.25, 0.3) is 0 Å². The SMILES string of the molecule is CC(=O)CBr.CC(=O)CO.CC(C)=O.CCCl.CCO.CCOc1ccc(-n2c(C)coc2=O)cc1.C[N+](C)(C)CC(=O)[O-].Cc1ccc(-n2c(C)coc2=O)cc1.Cc1ccc(C)cc1.Cc1ccccc1. The Balaban J connectivity index is -0.000000382. The zero-order valence-electron chi connectivity index (χ0n) is 45.8. The van der Waals surface area contributed by atoms with E-state index in [9.17, 15) is 33.9 Å². The van der Waals surface area contributed by atoms with Gasteiger partial charge < -0.3 is 43.0 Å². The van der Waals surface area contributed by atoms with Gasteiger partial charge in [-0.15, -0.1) is 11.6 Å². The third-order valence-corrected chi connectivity index (χ3v) is 8.39. The van der Waals surface area contributed by atoms with E-state index in [1.54, 1.807) is 32.6 Å². The van der Waals surface area contributed by atoms with Crippen molar-refractivity contribution >= 4 is 50.8 Å². The van der Waals surface area contributed by atoms with Gasteiger partial charge in [0.15, 0.2) is 5.78 Å². The number of ether oxygens (including phenoxy) is 1. The number of carboxylic acid groups (broad SMARTS) is 1. The van der Waals surface area contributed by atoms with E-state index in [0.717, 1.165) is 34.4 Å². The molecule has 17 heteroatoms. The first kappa shape index (κ1) is 73.4. The number of hydrogen-bond acceptors (Lipinski definition) is 12. The number of hydrogen-bond donors (Lipinski definition) is 2. The van der Waals surface area contributed by atoms with Gasteiger partial charge in [0.2, 0.25) is 0 Å². The number of alkyl halides is 2. The third-order valence-electron chi connectivity index (χ3n) is 7.60. The summed E-state index contributed by atoms with van der Waals surface area (Å²) in [5, 5.41) is 25.7. The van der Waals surface area contributed by atoms with E-state index in [2.05, 4.69) is 73.1 Å². The van der Waals surface area contributed by atoms with Crippen LogP contribution in [0.1, 0.15) is 82.1 Å². The van der Waals surface area contributed by atoms with Crippen molar-refractivity contribution in [1.82, 2.24) is 9.13 Å². The third kappa shape index (κ3) is 44.3. The van der Waals surface area contributed by atoms with Gasteiger partial charge in [-0.1, -0.05) is 112 Å². The van der Waals surface area contributed by atoms with Gasteiger partial charge in [0.1, 0.15) is 43.0 Å². The van der Waals surface area contributed by atoms with Crippen molar-refractivity contribution in [2.75, 3.05) is 58.7 Å². The summed E-state index contributed by atoms with van der Waals surface area (Å²) in [5.74, 6) is -0.0547. The van der Waals surface area contributed by atoms with Crippen LogP contribution in [0.2, 0.25) is 0 Å². The smallest absolute Gasteiger partial charge is 0.423 e. The summed E-state index contributed by atoms with van der Waals surface area (Å²) < 4.78 is 18.4. The van der Waals surface area contributed by atoms with Crippen molar-refractivity contribution in [1.29, 1.82) is 0 Å². The van der Waals surface area contributed by atoms with Gasteiger partial charge in [0.05, 0.1) is 61.8 Å². The zero-order chi connectivity index (χ0) is 57.1. The summed E-state index contributed by atoms with van der Waals surface area (Å²) in [5.41, 5.74) is 8.34. The highest BCUT2D eigenvalue weighted by Gasteiger charge is 2.07. The highest BCUT2D eigenvalue weighted by Crippen LogP contribution is 2.15.